The van der Waals surface area contributed by atoms with Gasteiger partial charge in [-0.1, -0.05) is 139 Å². The van der Waals surface area contributed by atoms with Crippen LogP contribution in [0.1, 0.15) is 12.5 Å². The number of hydrogen-bond donors (Lipinski definition) is 0. The van der Waals surface area contributed by atoms with Gasteiger partial charge in [0.2, 0.25) is 0 Å². The summed E-state index contributed by atoms with van der Waals surface area (Å²) < 4.78 is 0. The number of terminal acetylenes is 1. The number of benzene rings is 7. The summed E-state index contributed by atoms with van der Waals surface area (Å²) in [4.78, 5) is 4.55. The Morgan fingerprint density at radius 3 is 1.20 bits per heavy atom. The van der Waals surface area contributed by atoms with Gasteiger partial charge in [0, 0.05) is 39.7 Å². The van der Waals surface area contributed by atoms with Crippen LogP contribution in [0.25, 0.3) is 27.8 Å². The molecule has 0 spiro atoms. The van der Waals surface area contributed by atoms with Crippen LogP contribution < -0.4 is 9.80 Å². The monoisotopic (exact) mass is 654 g/mol. The number of rotatable bonds is 10. The Morgan fingerprint density at radius 1 is 0.412 bits per heavy atom. The van der Waals surface area contributed by atoms with E-state index >= 15 is 0 Å². The maximum absolute atomic E-state index is 5.95. The second kappa shape index (κ2) is 15.6. The van der Waals surface area contributed by atoms with E-state index in [2.05, 4.69) is 174 Å². The van der Waals surface area contributed by atoms with Gasteiger partial charge < -0.3 is 9.80 Å². The van der Waals surface area contributed by atoms with Crippen molar-refractivity contribution >= 4 is 34.0 Å². The lowest BCUT2D eigenvalue weighted by molar-refractivity contribution is 1.16. The molecule has 0 bridgehead atoms. The molecule has 7 rings (SSSR count). The first-order chi connectivity index (χ1) is 25.2. The minimum atomic E-state index is 0.839. The molecule has 0 amide bonds. The summed E-state index contributed by atoms with van der Waals surface area (Å²) in [5, 5.41) is 0. The molecule has 2 nitrogen and oxygen atoms in total. The molecular formula is C49H38N2. The summed E-state index contributed by atoms with van der Waals surface area (Å²) in [6.45, 7) is 2.12. The molecular weight excluding hydrogens is 617 g/mol. The predicted octanol–water partition coefficient (Wildman–Crippen LogP) is 13.2. The lowest BCUT2D eigenvalue weighted by Gasteiger charge is -2.26. The predicted molar refractivity (Wildman–Crippen MR) is 218 cm³/mol. The second-order valence-electron chi connectivity index (χ2n) is 12.2. The summed E-state index contributed by atoms with van der Waals surface area (Å²) in [5.74, 6) is 2.87. The fourth-order valence-electron chi connectivity index (χ4n) is 6.32. The van der Waals surface area contributed by atoms with Crippen LogP contribution in [-0.2, 0) is 0 Å². The largest absolute Gasteiger partial charge is 0.315 e. The van der Waals surface area contributed by atoms with Gasteiger partial charge in [-0.2, -0.15) is 0 Å². The quantitative estimate of drug-likeness (QED) is 0.107. The van der Waals surface area contributed by atoms with Gasteiger partial charge in [-0.25, -0.2) is 0 Å². The lowest BCUT2D eigenvalue weighted by Crippen LogP contribution is -2.14. The van der Waals surface area contributed by atoms with Gasteiger partial charge in [-0.15, -0.1) is 6.42 Å². The van der Waals surface area contributed by atoms with Crippen LogP contribution in [0, 0.1) is 12.3 Å². The molecule has 2 heteroatoms. The van der Waals surface area contributed by atoms with Crippen molar-refractivity contribution in [3.8, 4) is 34.6 Å². The van der Waals surface area contributed by atoms with Crippen molar-refractivity contribution in [2.24, 2.45) is 0 Å². The van der Waals surface area contributed by atoms with Gasteiger partial charge in [-0.3, -0.25) is 0 Å². The van der Waals surface area contributed by atoms with E-state index in [0.717, 1.165) is 56.4 Å². The van der Waals surface area contributed by atoms with Crippen molar-refractivity contribution in [3.05, 3.63) is 218 Å². The first-order valence-electron chi connectivity index (χ1n) is 17.1. The minimum absolute atomic E-state index is 0.839. The molecule has 0 heterocycles. The zero-order chi connectivity index (χ0) is 34.8. The van der Waals surface area contributed by atoms with Crippen LogP contribution >= 0.6 is 0 Å². The molecule has 0 atom stereocenters. The molecule has 7 aromatic rings. The fourth-order valence-corrected chi connectivity index (χ4v) is 6.32. The number of allylic oxidation sites excluding steroid dienone is 4. The molecule has 244 valence electrons. The SMILES string of the molecule is C#C/C(=C\C=C(/C)N(c1ccc(-c2ccccc2)cc1)c1ccc(-c2ccc(N(c3ccccc3)c3ccccc3)cc2)cc1)c1ccccc1. The smallest absolute Gasteiger partial charge is 0.0462 e. The van der Waals surface area contributed by atoms with Crippen molar-refractivity contribution < 1.29 is 0 Å². The average Bonchev–Trinajstić information content (AvgIpc) is 3.21. The molecule has 0 fully saturated rings. The topological polar surface area (TPSA) is 6.48 Å². The molecule has 0 saturated heterocycles. The maximum Gasteiger partial charge on any atom is 0.0462 e. The Balaban J connectivity index is 1.20. The zero-order valence-corrected chi connectivity index (χ0v) is 28.6. The third-order valence-electron chi connectivity index (χ3n) is 8.93. The third kappa shape index (κ3) is 7.60. The van der Waals surface area contributed by atoms with E-state index in [-0.39, 0.29) is 0 Å². The molecule has 0 aromatic heterocycles. The third-order valence-corrected chi connectivity index (χ3v) is 8.93. The molecule has 7 aromatic carbocycles. The Hall–Kier alpha value is -6.82. The second-order valence-corrected chi connectivity index (χ2v) is 12.2. The standard InChI is InChI=1S/C49H38N2/c1-3-39(40-16-8-4-9-17-40)25-24-38(2)50(47-32-26-42(27-33-47)41-18-10-5-11-19-41)48-34-28-43(29-35-48)44-30-36-49(37-31-44)51(45-20-12-6-13-21-45)46-22-14-7-15-23-46/h1,4-37H,2H3/b38-24+,39-25+. The first-order valence-corrected chi connectivity index (χ1v) is 17.1. The molecule has 0 unspecified atom stereocenters. The average molecular weight is 655 g/mol. The number of anilines is 5. The maximum atomic E-state index is 5.95. The Kier molecular flexibility index (Phi) is 10.0. The van der Waals surface area contributed by atoms with E-state index in [4.69, 9.17) is 6.42 Å². The highest BCUT2D eigenvalue weighted by atomic mass is 15.1. The van der Waals surface area contributed by atoms with E-state index in [1.165, 1.54) is 11.1 Å². The molecule has 51 heavy (non-hydrogen) atoms. The van der Waals surface area contributed by atoms with Crippen molar-refractivity contribution in [1.29, 1.82) is 0 Å². The van der Waals surface area contributed by atoms with Crippen LogP contribution in [0.15, 0.2) is 212 Å². The van der Waals surface area contributed by atoms with Crippen LogP contribution in [-0.4, -0.2) is 0 Å². The van der Waals surface area contributed by atoms with Gasteiger partial charge in [-0.05, 0) is 108 Å². The van der Waals surface area contributed by atoms with Gasteiger partial charge in [0.25, 0.3) is 0 Å². The van der Waals surface area contributed by atoms with Crippen molar-refractivity contribution in [2.75, 3.05) is 9.80 Å². The summed E-state index contributed by atoms with van der Waals surface area (Å²) in [5.41, 5.74) is 13.1. The molecule has 0 saturated carbocycles. The summed E-state index contributed by atoms with van der Waals surface area (Å²) in [7, 11) is 0. The number of para-hydroxylation sites is 2. The van der Waals surface area contributed by atoms with Crippen molar-refractivity contribution in [1.82, 2.24) is 0 Å². The highest BCUT2D eigenvalue weighted by Gasteiger charge is 2.14. The first kappa shape index (κ1) is 32.7. The zero-order valence-electron chi connectivity index (χ0n) is 28.6. The molecule has 0 aliphatic carbocycles. The highest BCUT2D eigenvalue weighted by molar-refractivity contribution is 5.81. The number of nitrogens with zero attached hydrogens (tertiary/aromatic N) is 2. The summed E-state index contributed by atoms with van der Waals surface area (Å²) in [6.07, 6.45) is 10.1. The van der Waals surface area contributed by atoms with Crippen LogP contribution in [0.3, 0.4) is 0 Å². The summed E-state index contributed by atoms with van der Waals surface area (Å²) >= 11 is 0. The van der Waals surface area contributed by atoms with Gasteiger partial charge in [0.1, 0.15) is 0 Å². The molecule has 0 aliphatic rings. The van der Waals surface area contributed by atoms with Gasteiger partial charge >= 0.3 is 0 Å². The Morgan fingerprint density at radius 2 is 0.765 bits per heavy atom. The number of hydrogen-bond acceptors (Lipinski definition) is 2. The molecule has 0 radical (unpaired) electrons. The normalized spacial score (nSPS) is 11.5. The molecule has 0 aliphatic heterocycles. The van der Waals surface area contributed by atoms with Crippen LogP contribution in [0.4, 0.5) is 28.4 Å². The Bertz CT molecular complexity index is 2220. The van der Waals surface area contributed by atoms with Crippen LogP contribution in [0.2, 0.25) is 0 Å². The van der Waals surface area contributed by atoms with E-state index in [1.54, 1.807) is 0 Å². The van der Waals surface area contributed by atoms with Crippen molar-refractivity contribution in [3.63, 3.8) is 0 Å². The van der Waals surface area contributed by atoms with Gasteiger partial charge in [0.15, 0.2) is 0 Å². The summed E-state index contributed by atoms with van der Waals surface area (Å²) in [6, 6.07) is 67.8. The minimum Gasteiger partial charge on any atom is -0.315 e. The van der Waals surface area contributed by atoms with E-state index in [0.29, 0.717) is 0 Å². The van der Waals surface area contributed by atoms with E-state index < -0.39 is 0 Å². The highest BCUT2D eigenvalue weighted by Crippen LogP contribution is 2.37. The van der Waals surface area contributed by atoms with Crippen LogP contribution in [0.5, 0.6) is 0 Å². The molecule has 0 N–H and O–H groups in total. The Labute approximate surface area is 301 Å². The van der Waals surface area contributed by atoms with E-state index in [1.807, 2.05) is 54.6 Å². The van der Waals surface area contributed by atoms with E-state index in [9.17, 15) is 0 Å². The fraction of sp³-hybridized carbons (Fsp3) is 0.0204. The lowest BCUT2D eigenvalue weighted by atomic mass is 10.0. The van der Waals surface area contributed by atoms with Gasteiger partial charge in [0.05, 0.1) is 0 Å². The van der Waals surface area contributed by atoms with Crippen molar-refractivity contribution in [2.45, 2.75) is 6.92 Å².